The van der Waals surface area contributed by atoms with Gasteiger partial charge >= 0.3 is 12.0 Å². The topological polar surface area (TPSA) is 78.4 Å². The Kier molecular flexibility index (Phi) is 6.38. The van der Waals surface area contributed by atoms with Crippen molar-refractivity contribution in [2.75, 3.05) is 11.6 Å². The van der Waals surface area contributed by atoms with Gasteiger partial charge in [-0.2, -0.15) is 0 Å². The maximum Gasteiger partial charge on any atom is 0.326 e. The van der Waals surface area contributed by atoms with E-state index in [0.29, 0.717) is 12.1 Å². The average Bonchev–Trinajstić information content (AvgIpc) is 2.38. The number of carboxylic acids is 1. The minimum Gasteiger partial charge on any atom is -0.480 e. The molecule has 1 aromatic rings. The quantitative estimate of drug-likeness (QED) is 0.705. The van der Waals surface area contributed by atoms with Gasteiger partial charge in [-0.3, -0.25) is 0 Å². The zero-order chi connectivity index (χ0) is 15.1. The lowest BCUT2D eigenvalue weighted by atomic mass is 10.0. The van der Waals surface area contributed by atoms with Crippen LogP contribution in [0, 0.1) is 5.92 Å². The van der Waals surface area contributed by atoms with E-state index in [-0.39, 0.29) is 5.92 Å². The number of carbonyl (C=O) groups excluding carboxylic acids is 1. The van der Waals surface area contributed by atoms with Crippen molar-refractivity contribution in [1.82, 2.24) is 5.32 Å². The van der Waals surface area contributed by atoms with E-state index >= 15 is 0 Å². The monoisotopic (exact) mass is 296 g/mol. The van der Waals surface area contributed by atoms with Crippen LogP contribution in [0.2, 0.25) is 0 Å². The minimum absolute atomic E-state index is 0.192. The van der Waals surface area contributed by atoms with Gasteiger partial charge in [0, 0.05) is 10.6 Å². The standard InChI is InChI=1S/C14H20N2O3S/c1-9(2)8-12(13(17)18)16-14(19)15-10-4-6-11(20-3)7-5-10/h4-7,9,12H,8H2,1-3H3,(H,17,18)(H2,15,16,19). The third kappa shape index (κ3) is 5.52. The first-order chi connectivity index (χ1) is 9.42. The summed E-state index contributed by atoms with van der Waals surface area (Å²) in [5, 5.41) is 14.2. The number of aliphatic carboxylic acids is 1. The van der Waals surface area contributed by atoms with Crippen molar-refractivity contribution in [3.8, 4) is 0 Å². The number of carbonyl (C=O) groups is 2. The number of hydrogen-bond acceptors (Lipinski definition) is 3. The second-order valence-electron chi connectivity index (χ2n) is 4.85. The van der Waals surface area contributed by atoms with Crippen LogP contribution in [0.15, 0.2) is 29.2 Å². The molecule has 110 valence electrons. The van der Waals surface area contributed by atoms with Gasteiger partial charge in [-0.1, -0.05) is 13.8 Å². The summed E-state index contributed by atoms with van der Waals surface area (Å²) in [6, 6.07) is 5.97. The Balaban J connectivity index is 2.58. The van der Waals surface area contributed by atoms with Gasteiger partial charge in [0.05, 0.1) is 0 Å². The fourth-order valence-corrected chi connectivity index (χ4v) is 2.10. The summed E-state index contributed by atoms with van der Waals surface area (Å²) < 4.78 is 0. The average molecular weight is 296 g/mol. The van der Waals surface area contributed by atoms with Crippen molar-refractivity contribution >= 4 is 29.4 Å². The largest absolute Gasteiger partial charge is 0.480 e. The van der Waals surface area contributed by atoms with Crippen LogP contribution in [-0.2, 0) is 4.79 Å². The molecule has 3 N–H and O–H groups in total. The molecule has 0 saturated heterocycles. The van der Waals surface area contributed by atoms with Gasteiger partial charge in [0.1, 0.15) is 6.04 Å². The smallest absolute Gasteiger partial charge is 0.326 e. The summed E-state index contributed by atoms with van der Waals surface area (Å²) in [6.07, 6.45) is 2.37. The molecule has 20 heavy (non-hydrogen) atoms. The van der Waals surface area contributed by atoms with Gasteiger partial charge < -0.3 is 15.7 Å². The number of benzene rings is 1. The van der Waals surface area contributed by atoms with Gasteiger partial charge in [0.15, 0.2) is 0 Å². The molecular formula is C14H20N2O3S. The molecule has 1 atom stereocenters. The van der Waals surface area contributed by atoms with Gasteiger partial charge in [0.2, 0.25) is 0 Å². The second-order valence-corrected chi connectivity index (χ2v) is 5.73. The van der Waals surface area contributed by atoms with E-state index in [1.54, 1.807) is 23.9 Å². The van der Waals surface area contributed by atoms with Crippen molar-refractivity contribution < 1.29 is 14.7 Å². The predicted molar refractivity (Wildman–Crippen MR) is 81.3 cm³/mol. The summed E-state index contributed by atoms with van der Waals surface area (Å²) in [4.78, 5) is 23.9. The van der Waals surface area contributed by atoms with E-state index in [1.165, 1.54) is 0 Å². The number of rotatable bonds is 6. The van der Waals surface area contributed by atoms with E-state index < -0.39 is 18.0 Å². The van der Waals surface area contributed by atoms with E-state index in [2.05, 4.69) is 10.6 Å². The summed E-state index contributed by atoms with van der Waals surface area (Å²) in [7, 11) is 0. The van der Waals surface area contributed by atoms with E-state index in [9.17, 15) is 9.59 Å². The lowest BCUT2D eigenvalue weighted by Crippen LogP contribution is -2.43. The highest BCUT2D eigenvalue weighted by atomic mass is 32.2. The molecule has 1 aromatic carbocycles. The van der Waals surface area contributed by atoms with Crippen molar-refractivity contribution in [3.63, 3.8) is 0 Å². The zero-order valence-corrected chi connectivity index (χ0v) is 12.7. The Morgan fingerprint density at radius 3 is 2.30 bits per heavy atom. The Morgan fingerprint density at radius 2 is 1.85 bits per heavy atom. The third-order valence-corrected chi connectivity index (χ3v) is 3.40. The van der Waals surface area contributed by atoms with Gasteiger partial charge in [-0.15, -0.1) is 11.8 Å². The van der Waals surface area contributed by atoms with Crippen molar-refractivity contribution in [3.05, 3.63) is 24.3 Å². The van der Waals surface area contributed by atoms with Crippen LogP contribution < -0.4 is 10.6 Å². The van der Waals surface area contributed by atoms with E-state index in [0.717, 1.165) is 4.90 Å². The first-order valence-electron chi connectivity index (χ1n) is 6.36. The highest BCUT2D eigenvalue weighted by Crippen LogP contribution is 2.17. The molecule has 5 nitrogen and oxygen atoms in total. The third-order valence-electron chi connectivity index (χ3n) is 2.66. The molecule has 0 aliphatic rings. The molecule has 0 aliphatic heterocycles. The number of nitrogens with one attached hydrogen (secondary N) is 2. The molecule has 0 fully saturated rings. The molecule has 1 unspecified atom stereocenters. The molecule has 0 aromatic heterocycles. The number of amides is 2. The van der Waals surface area contributed by atoms with E-state index in [1.807, 2.05) is 32.2 Å². The molecule has 0 saturated carbocycles. The normalized spacial score (nSPS) is 12.0. The SMILES string of the molecule is CSc1ccc(NC(=O)NC(CC(C)C)C(=O)O)cc1. The van der Waals surface area contributed by atoms with E-state index in [4.69, 9.17) is 5.11 Å². The maximum atomic E-state index is 11.8. The summed E-state index contributed by atoms with van der Waals surface area (Å²) >= 11 is 1.61. The van der Waals surface area contributed by atoms with Crippen LogP contribution in [0.25, 0.3) is 0 Å². The summed E-state index contributed by atoms with van der Waals surface area (Å²) in [6.45, 7) is 3.83. The fraction of sp³-hybridized carbons (Fsp3) is 0.429. The summed E-state index contributed by atoms with van der Waals surface area (Å²) in [5.41, 5.74) is 0.633. The molecule has 0 aliphatic carbocycles. The number of urea groups is 1. The molecule has 1 rings (SSSR count). The Morgan fingerprint density at radius 1 is 1.25 bits per heavy atom. The Bertz CT molecular complexity index is 460. The first kappa shape index (κ1) is 16.4. The predicted octanol–water partition coefficient (Wildman–Crippen LogP) is 3.03. The lowest BCUT2D eigenvalue weighted by Gasteiger charge is -2.17. The summed E-state index contributed by atoms with van der Waals surface area (Å²) in [5.74, 6) is -0.830. The van der Waals surface area contributed by atoms with Crippen molar-refractivity contribution in [2.24, 2.45) is 5.92 Å². The molecule has 6 heteroatoms. The zero-order valence-electron chi connectivity index (χ0n) is 11.8. The molecule has 2 amide bonds. The van der Waals surface area contributed by atoms with Crippen LogP contribution in [0.1, 0.15) is 20.3 Å². The molecular weight excluding hydrogens is 276 g/mol. The Hall–Kier alpha value is -1.69. The van der Waals surface area contributed by atoms with Crippen LogP contribution in [0.4, 0.5) is 10.5 Å². The molecule has 0 radical (unpaired) electrons. The highest BCUT2D eigenvalue weighted by Gasteiger charge is 2.20. The van der Waals surface area contributed by atoms with Crippen molar-refractivity contribution in [2.45, 2.75) is 31.2 Å². The van der Waals surface area contributed by atoms with Crippen LogP contribution in [-0.4, -0.2) is 29.4 Å². The lowest BCUT2D eigenvalue weighted by molar-refractivity contribution is -0.139. The maximum absolute atomic E-state index is 11.8. The number of carboxylic acid groups (broad SMARTS) is 1. The van der Waals surface area contributed by atoms with Crippen LogP contribution >= 0.6 is 11.8 Å². The molecule has 0 heterocycles. The van der Waals surface area contributed by atoms with Crippen LogP contribution in [0.5, 0.6) is 0 Å². The highest BCUT2D eigenvalue weighted by molar-refractivity contribution is 7.98. The number of hydrogen-bond donors (Lipinski definition) is 3. The van der Waals surface area contributed by atoms with Crippen molar-refractivity contribution in [1.29, 1.82) is 0 Å². The molecule has 0 bridgehead atoms. The second kappa shape index (κ2) is 7.79. The fourth-order valence-electron chi connectivity index (χ4n) is 1.69. The van der Waals surface area contributed by atoms with Gasteiger partial charge in [-0.05, 0) is 42.9 Å². The minimum atomic E-state index is -1.02. The van der Waals surface area contributed by atoms with Gasteiger partial charge in [0.25, 0.3) is 0 Å². The molecule has 0 spiro atoms. The number of thioether (sulfide) groups is 1. The van der Waals surface area contributed by atoms with Crippen LogP contribution in [0.3, 0.4) is 0 Å². The first-order valence-corrected chi connectivity index (χ1v) is 7.59. The van der Waals surface area contributed by atoms with Gasteiger partial charge in [-0.25, -0.2) is 9.59 Å². The Labute approximate surface area is 123 Å². The number of anilines is 1.